The van der Waals surface area contributed by atoms with E-state index < -0.39 is 0 Å². The molecule has 3 aromatic heterocycles. The molecule has 0 atom stereocenters. The van der Waals surface area contributed by atoms with Crippen molar-refractivity contribution in [2.45, 2.75) is 26.3 Å². The molecule has 5 aromatic rings. The second-order valence-electron chi connectivity index (χ2n) is 9.21. The maximum atomic E-state index is 6.11. The molecule has 0 unspecified atom stereocenters. The van der Waals surface area contributed by atoms with Crippen LogP contribution in [0.2, 0.25) is 0 Å². The summed E-state index contributed by atoms with van der Waals surface area (Å²) in [5.74, 6) is 3.02. The Bertz CT molecular complexity index is 1460. The number of likely N-dealkylation sites (tertiary alicyclic amines) is 1. The van der Waals surface area contributed by atoms with Crippen LogP contribution in [-0.2, 0) is 6.54 Å². The van der Waals surface area contributed by atoms with Crippen molar-refractivity contribution >= 4 is 22.1 Å². The Balaban J connectivity index is 1.22. The van der Waals surface area contributed by atoms with Gasteiger partial charge in [-0.2, -0.15) is 5.10 Å². The van der Waals surface area contributed by atoms with Crippen molar-refractivity contribution in [2.24, 2.45) is 5.92 Å². The third kappa shape index (κ3) is 4.24. The van der Waals surface area contributed by atoms with Gasteiger partial charge in [-0.3, -0.25) is 9.67 Å². The largest absolute Gasteiger partial charge is 0.457 e. The monoisotopic (exact) mass is 453 g/mol. The zero-order chi connectivity index (χ0) is 23.1. The number of aromatic nitrogens is 6. The molecule has 1 N–H and O–H groups in total. The minimum atomic E-state index is 0.677. The van der Waals surface area contributed by atoms with Crippen LogP contribution in [0.15, 0.2) is 55.0 Å². The van der Waals surface area contributed by atoms with Gasteiger partial charge in [-0.05, 0) is 70.1 Å². The smallest absolute Gasteiger partial charge is 0.129 e. The van der Waals surface area contributed by atoms with Crippen molar-refractivity contribution in [3.63, 3.8) is 0 Å². The highest BCUT2D eigenvalue weighted by Crippen LogP contribution is 2.28. The summed E-state index contributed by atoms with van der Waals surface area (Å²) in [5.41, 5.74) is 5.29. The molecule has 0 saturated carbocycles. The minimum absolute atomic E-state index is 0.677. The molecular formula is C26H27N7O. The Morgan fingerprint density at radius 2 is 1.76 bits per heavy atom. The number of imidazole rings is 1. The number of hydrogen-bond donors (Lipinski definition) is 1. The molecule has 0 radical (unpaired) electrons. The SMILES string of the molecule is Cc1nc2ccc(Oc3ccc4ncc(-c5cnn(CC6CCN(C)CC6)c5)nc4c3)cc2[nH]1. The normalized spacial score (nSPS) is 15.4. The van der Waals surface area contributed by atoms with Crippen molar-refractivity contribution in [3.8, 4) is 22.8 Å². The minimum Gasteiger partial charge on any atom is -0.457 e. The molecule has 0 aliphatic carbocycles. The molecule has 0 amide bonds. The summed E-state index contributed by atoms with van der Waals surface area (Å²) < 4.78 is 8.16. The van der Waals surface area contributed by atoms with Crippen LogP contribution in [0.4, 0.5) is 0 Å². The molecule has 2 aromatic carbocycles. The van der Waals surface area contributed by atoms with Crippen LogP contribution in [0.3, 0.4) is 0 Å². The van der Waals surface area contributed by atoms with Gasteiger partial charge < -0.3 is 14.6 Å². The first kappa shape index (κ1) is 20.8. The van der Waals surface area contributed by atoms with E-state index in [4.69, 9.17) is 9.72 Å². The Morgan fingerprint density at radius 1 is 0.971 bits per heavy atom. The van der Waals surface area contributed by atoms with Gasteiger partial charge in [0.25, 0.3) is 0 Å². The standard InChI is InChI=1S/C26H27N7O/c1-17-29-23-6-4-21(12-25(23)30-17)34-20-3-5-22-24(11-20)31-26(14-27-22)19-13-28-33(16-19)15-18-7-9-32(2)10-8-18/h3-6,11-14,16,18H,7-10,15H2,1-2H3,(H,29,30). The van der Waals surface area contributed by atoms with Gasteiger partial charge in [0, 0.05) is 30.4 Å². The van der Waals surface area contributed by atoms with E-state index in [9.17, 15) is 0 Å². The number of H-pyrrole nitrogens is 1. The van der Waals surface area contributed by atoms with Crippen LogP contribution >= 0.6 is 0 Å². The van der Waals surface area contributed by atoms with E-state index in [0.29, 0.717) is 11.7 Å². The van der Waals surface area contributed by atoms with Gasteiger partial charge in [0.05, 0.1) is 40.2 Å². The average Bonchev–Trinajstić information content (AvgIpc) is 3.45. The number of benzene rings is 2. The van der Waals surface area contributed by atoms with Gasteiger partial charge in [-0.25, -0.2) is 9.97 Å². The van der Waals surface area contributed by atoms with Crippen LogP contribution in [0.1, 0.15) is 18.7 Å². The Kier molecular flexibility index (Phi) is 5.22. The highest BCUT2D eigenvalue weighted by molar-refractivity contribution is 5.79. The molecule has 8 heteroatoms. The number of hydrogen-bond acceptors (Lipinski definition) is 6. The van der Waals surface area contributed by atoms with Gasteiger partial charge in [0.1, 0.15) is 17.3 Å². The van der Waals surface area contributed by atoms with Gasteiger partial charge >= 0.3 is 0 Å². The summed E-state index contributed by atoms with van der Waals surface area (Å²) in [6, 6.07) is 11.6. The van der Waals surface area contributed by atoms with Crippen LogP contribution in [0.5, 0.6) is 11.5 Å². The van der Waals surface area contributed by atoms with Gasteiger partial charge in [0.15, 0.2) is 0 Å². The number of nitrogens with zero attached hydrogens (tertiary/aromatic N) is 6. The predicted molar refractivity (Wildman–Crippen MR) is 132 cm³/mol. The topological polar surface area (TPSA) is 84.8 Å². The fourth-order valence-corrected chi connectivity index (χ4v) is 4.61. The molecule has 8 nitrogen and oxygen atoms in total. The third-order valence-corrected chi connectivity index (χ3v) is 6.53. The summed E-state index contributed by atoms with van der Waals surface area (Å²) in [5, 5.41) is 4.59. The molecule has 1 aliphatic rings. The zero-order valence-corrected chi connectivity index (χ0v) is 19.4. The molecule has 6 rings (SSSR count). The molecule has 1 fully saturated rings. The van der Waals surface area contributed by atoms with E-state index in [1.807, 2.05) is 60.4 Å². The fraction of sp³-hybridized carbons (Fsp3) is 0.308. The summed E-state index contributed by atoms with van der Waals surface area (Å²) in [4.78, 5) is 19.5. The number of fused-ring (bicyclic) bond motifs is 2. The first-order valence-electron chi connectivity index (χ1n) is 11.7. The van der Waals surface area contributed by atoms with Crippen molar-refractivity contribution in [2.75, 3.05) is 20.1 Å². The Morgan fingerprint density at radius 3 is 2.62 bits per heavy atom. The summed E-state index contributed by atoms with van der Waals surface area (Å²) >= 11 is 0. The maximum absolute atomic E-state index is 6.11. The van der Waals surface area contributed by atoms with E-state index in [1.165, 1.54) is 12.8 Å². The van der Waals surface area contributed by atoms with Gasteiger partial charge in [0.2, 0.25) is 0 Å². The third-order valence-electron chi connectivity index (χ3n) is 6.53. The van der Waals surface area contributed by atoms with Crippen LogP contribution < -0.4 is 4.74 Å². The Labute approximate surface area is 197 Å². The van der Waals surface area contributed by atoms with Crippen molar-refractivity contribution in [3.05, 3.63) is 60.8 Å². The lowest BCUT2D eigenvalue weighted by molar-refractivity contribution is 0.201. The van der Waals surface area contributed by atoms with E-state index in [2.05, 4.69) is 38.2 Å². The molecule has 0 spiro atoms. The van der Waals surface area contributed by atoms with Crippen LogP contribution in [-0.4, -0.2) is 54.8 Å². The maximum Gasteiger partial charge on any atom is 0.129 e. The molecule has 1 saturated heterocycles. The van der Waals surface area contributed by atoms with Gasteiger partial charge in [-0.1, -0.05) is 0 Å². The number of aromatic amines is 1. The molecule has 172 valence electrons. The molecule has 0 bridgehead atoms. The fourth-order valence-electron chi connectivity index (χ4n) is 4.61. The van der Waals surface area contributed by atoms with Crippen LogP contribution in [0, 0.1) is 12.8 Å². The molecule has 1 aliphatic heterocycles. The molecule has 34 heavy (non-hydrogen) atoms. The highest BCUT2D eigenvalue weighted by atomic mass is 16.5. The summed E-state index contributed by atoms with van der Waals surface area (Å²) in [7, 11) is 2.19. The van der Waals surface area contributed by atoms with Crippen molar-refractivity contribution < 1.29 is 4.74 Å². The second kappa shape index (κ2) is 8.53. The Hall–Kier alpha value is -3.78. The zero-order valence-electron chi connectivity index (χ0n) is 19.4. The highest BCUT2D eigenvalue weighted by Gasteiger charge is 2.18. The number of piperidine rings is 1. The van der Waals surface area contributed by atoms with Crippen molar-refractivity contribution in [1.29, 1.82) is 0 Å². The number of rotatable bonds is 5. The number of nitrogens with one attached hydrogen (secondary N) is 1. The average molecular weight is 454 g/mol. The summed E-state index contributed by atoms with van der Waals surface area (Å²) in [6.07, 6.45) is 8.21. The predicted octanol–water partition coefficient (Wildman–Crippen LogP) is 4.81. The number of aryl methyl sites for hydroxylation is 1. The quantitative estimate of drug-likeness (QED) is 0.411. The van der Waals surface area contributed by atoms with E-state index >= 15 is 0 Å². The van der Waals surface area contributed by atoms with E-state index in [-0.39, 0.29) is 0 Å². The first-order chi connectivity index (χ1) is 16.6. The number of ether oxygens (including phenoxy) is 1. The first-order valence-corrected chi connectivity index (χ1v) is 11.7. The van der Waals surface area contributed by atoms with Gasteiger partial charge in [-0.15, -0.1) is 0 Å². The lowest BCUT2D eigenvalue weighted by Gasteiger charge is -2.28. The second-order valence-corrected chi connectivity index (χ2v) is 9.21. The van der Waals surface area contributed by atoms with Crippen LogP contribution in [0.25, 0.3) is 33.3 Å². The molecule has 4 heterocycles. The molecular weight excluding hydrogens is 426 g/mol. The summed E-state index contributed by atoms with van der Waals surface area (Å²) in [6.45, 7) is 5.22. The van der Waals surface area contributed by atoms with E-state index in [0.717, 1.165) is 64.5 Å². The van der Waals surface area contributed by atoms with E-state index in [1.54, 1.807) is 0 Å². The van der Waals surface area contributed by atoms with Crippen molar-refractivity contribution in [1.82, 2.24) is 34.6 Å². The lowest BCUT2D eigenvalue weighted by Crippen LogP contribution is -2.31. The lowest BCUT2D eigenvalue weighted by atomic mass is 9.97.